The first-order valence-electron chi connectivity index (χ1n) is 10.7. The van der Waals surface area contributed by atoms with Crippen LogP contribution in [0.15, 0.2) is 22.8 Å². The zero-order chi connectivity index (χ0) is 18.2. The number of furan rings is 1. The number of nitrogens with zero attached hydrogens (tertiary/aromatic N) is 1. The summed E-state index contributed by atoms with van der Waals surface area (Å²) in [5.41, 5.74) is 0. The number of aliphatic hydroxyl groups excluding tert-OH is 1. The molecule has 0 fully saturated rings. The predicted octanol–water partition coefficient (Wildman–Crippen LogP) is 6.34. The molecular weight excluding hydrogens is 310 g/mol. The zero-order valence-corrected chi connectivity index (χ0v) is 16.7. The Balaban J connectivity index is 2.40. The summed E-state index contributed by atoms with van der Waals surface area (Å²) in [6, 6.07) is 3.93. The van der Waals surface area contributed by atoms with Crippen LogP contribution in [-0.4, -0.2) is 29.7 Å². The van der Waals surface area contributed by atoms with Crippen molar-refractivity contribution in [2.75, 3.05) is 19.7 Å². The molecule has 146 valence electrons. The average molecular weight is 352 g/mol. The van der Waals surface area contributed by atoms with Crippen LogP contribution >= 0.6 is 0 Å². The van der Waals surface area contributed by atoms with E-state index in [0.717, 1.165) is 18.8 Å². The normalized spacial score (nSPS) is 12.8. The van der Waals surface area contributed by atoms with Crippen LogP contribution in [0.2, 0.25) is 0 Å². The number of aliphatic hydroxyl groups is 1. The van der Waals surface area contributed by atoms with E-state index in [1.165, 1.54) is 77.0 Å². The zero-order valence-electron chi connectivity index (χ0n) is 16.7. The van der Waals surface area contributed by atoms with Crippen LogP contribution in [0.4, 0.5) is 0 Å². The molecule has 1 aromatic heterocycles. The number of hydrogen-bond acceptors (Lipinski definition) is 3. The topological polar surface area (TPSA) is 36.6 Å². The van der Waals surface area contributed by atoms with Crippen LogP contribution in [0, 0.1) is 0 Å². The molecule has 1 unspecified atom stereocenters. The summed E-state index contributed by atoms with van der Waals surface area (Å²) in [5.74, 6) is 0.902. The molecule has 0 aliphatic carbocycles. The molecular formula is C22H41NO2. The maximum absolute atomic E-state index is 9.91. The predicted molar refractivity (Wildman–Crippen MR) is 107 cm³/mol. The minimum atomic E-state index is 0.0151. The van der Waals surface area contributed by atoms with Crippen molar-refractivity contribution in [3.63, 3.8) is 0 Å². The van der Waals surface area contributed by atoms with Crippen molar-refractivity contribution in [2.24, 2.45) is 0 Å². The fourth-order valence-electron chi connectivity index (χ4n) is 3.48. The van der Waals surface area contributed by atoms with Gasteiger partial charge in [-0.15, -0.1) is 0 Å². The van der Waals surface area contributed by atoms with Gasteiger partial charge in [0.15, 0.2) is 0 Å². The Morgan fingerprint density at radius 2 is 1.36 bits per heavy atom. The molecule has 0 aromatic carbocycles. The summed E-state index contributed by atoms with van der Waals surface area (Å²) in [7, 11) is 0. The highest BCUT2D eigenvalue weighted by Gasteiger charge is 2.21. The average Bonchev–Trinajstić information content (AvgIpc) is 3.15. The second-order valence-corrected chi connectivity index (χ2v) is 7.29. The van der Waals surface area contributed by atoms with Gasteiger partial charge in [0.25, 0.3) is 0 Å². The van der Waals surface area contributed by atoms with Gasteiger partial charge in [-0.25, -0.2) is 0 Å². The van der Waals surface area contributed by atoms with E-state index in [4.69, 9.17) is 4.42 Å². The molecule has 0 amide bonds. The first-order valence-corrected chi connectivity index (χ1v) is 10.7. The molecule has 1 aromatic rings. The lowest BCUT2D eigenvalue weighted by Crippen LogP contribution is -2.33. The smallest absolute Gasteiger partial charge is 0.123 e. The lowest BCUT2D eigenvalue weighted by atomic mass is 10.1. The Bertz CT molecular complexity index is 361. The molecule has 0 bridgehead atoms. The van der Waals surface area contributed by atoms with Gasteiger partial charge in [-0.05, 0) is 38.1 Å². The van der Waals surface area contributed by atoms with Gasteiger partial charge in [0.05, 0.1) is 18.9 Å². The minimum Gasteiger partial charge on any atom is -0.468 e. The van der Waals surface area contributed by atoms with E-state index in [1.54, 1.807) is 6.26 Å². The van der Waals surface area contributed by atoms with E-state index in [0.29, 0.717) is 0 Å². The lowest BCUT2D eigenvalue weighted by molar-refractivity contribution is 0.103. The first-order chi connectivity index (χ1) is 12.3. The van der Waals surface area contributed by atoms with Crippen LogP contribution in [0.1, 0.15) is 103 Å². The summed E-state index contributed by atoms with van der Waals surface area (Å²) < 4.78 is 5.58. The largest absolute Gasteiger partial charge is 0.468 e. The summed E-state index contributed by atoms with van der Waals surface area (Å²) in [6.45, 7) is 6.79. The fourth-order valence-corrected chi connectivity index (χ4v) is 3.48. The molecule has 0 saturated carbocycles. The molecule has 0 radical (unpaired) electrons. The molecule has 1 heterocycles. The Kier molecular flexibility index (Phi) is 13.7. The molecule has 0 spiro atoms. The van der Waals surface area contributed by atoms with Crippen molar-refractivity contribution in [3.05, 3.63) is 24.2 Å². The molecule has 3 heteroatoms. The Morgan fingerprint density at radius 1 is 0.840 bits per heavy atom. The fraction of sp³-hybridized carbons (Fsp3) is 0.818. The Morgan fingerprint density at radius 3 is 1.80 bits per heavy atom. The van der Waals surface area contributed by atoms with Crippen LogP contribution < -0.4 is 0 Å². The summed E-state index contributed by atoms with van der Waals surface area (Å²) >= 11 is 0. The van der Waals surface area contributed by atoms with Crippen LogP contribution in [0.5, 0.6) is 0 Å². The second kappa shape index (κ2) is 15.5. The van der Waals surface area contributed by atoms with E-state index in [9.17, 15) is 5.11 Å². The van der Waals surface area contributed by atoms with Crippen molar-refractivity contribution in [3.8, 4) is 0 Å². The Labute approximate surface area is 155 Å². The molecule has 1 N–H and O–H groups in total. The summed E-state index contributed by atoms with van der Waals surface area (Å²) in [4.78, 5) is 2.44. The molecule has 3 nitrogen and oxygen atoms in total. The summed E-state index contributed by atoms with van der Waals surface area (Å²) in [6.07, 6.45) is 17.4. The molecule has 1 rings (SSSR count). The third-order valence-electron chi connectivity index (χ3n) is 5.08. The van der Waals surface area contributed by atoms with E-state index in [1.807, 2.05) is 12.1 Å². The van der Waals surface area contributed by atoms with Crippen molar-refractivity contribution in [2.45, 2.75) is 96.9 Å². The van der Waals surface area contributed by atoms with Crippen LogP contribution in [0.25, 0.3) is 0 Å². The maximum atomic E-state index is 9.91. The van der Waals surface area contributed by atoms with E-state index in [2.05, 4.69) is 18.7 Å². The van der Waals surface area contributed by atoms with Gasteiger partial charge in [-0.2, -0.15) is 0 Å². The number of rotatable bonds is 17. The van der Waals surface area contributed by atoms with Gasteiger partial charge in [0, 0.05) is 0 Å². The highest BCUT2D eigenvalue weighted by Crippen LogP contribution is 2.22. The van der Waals surface area contributed by atoms with E-state index < -0.39 is 0 Å². The number of unbranched alkanes of at least 4 members (excludes halogenated alkanes) is 10. The van der Waals surface area contributed by atoms with Crippen molar-refractivity contribution in [1.29, 1.82) is 0 Å². The quantitative estimate of drug-likeness (QED) is 0.333. The van der Waals surface area contributed by atoms with Gasteiger partial charge < -0.3 is 9.52 Å². The Hall–Kier alpha value is -0.800. The molecule has 1 atom stereocenters. The van der Waals surface area contributed by atoms with Gasteiger partial charge in [0.2, 0.25) is 0 Å². The van der Waals surface area contributed by atoms with E-state index >= 15 is 0 Å². The van der Waals surface area contributed by atoms with Crippen molar-refractivity contribution < 1.29 is 9.52 Å². The molecule has 0 aliphatic heterocycles. The van der Waals surface area contributed by atoms with Crippen molar-refractivity contribution >= 4 is 0 Å². The summed E-state index contributed by atoms with van der Waals surface area (Å²) in [5, 5.41) is 9.91. The standard InChI is InChI=1S/C22H41NO2/c1-3-5-7-9-11-13-17-23(18-14-12-10-8-6-4-2)21(20-24)22-16-15-19-25-22/h15-16,19,21,24H,3-14,17-18,20H2,1-2H3. The second-order valence-electron chi connectivity index (χ2n) is 7.29. The minimum absolute atomic E-state index is 0.0151. The molecule has 0 saturated heterocycles. The highest BCUT2D eigenvalue weighted by molar-refractivity contribution is 5.04. The monoisotopic (exact) mass is 351 g/mol. The lowest BCUT2D eigenvalue weighted by Gasteiger charge is -2.29. The van der Waals surface area contributed by atoms with Crippen molar-refractivity contribution in [1.82, 2.24) is 4.90 Å². The maximum Gasteiger partial charge on any atom is 0.123 e. The first kappa shape index (κ1) is 22.2. The van der Waals surface area contributed by atoms with Crippen LogP contribution in [0.3, 0.4) is 0 Å². The van der Waals surface area contributed by atoms with E-state index in [-0.39, 0.29) is 12.6 Å². The van der Waals surface area contributed by atoms with Gasteiger partial charge >= 0.3 is 0 Å². The third-order valence-corrected chi connectivity index (χ3v) is 5.08. The third kappa shape index (κ3) is 10.1. The molecule has 25 heavy (non-hydrogen) atoms. The number of hydrogen-bond donors (Lipinski definition) is 1. The SMILES string of the molecule is CCCCCCCCN(CCCCCCCC)C(CO)c1ccco1. The van der Waals surface area contributed by atoms with Gasteiger partial charge in [-0.1, -0.05) is 78.1 Å². The van der Waals surface area contributed by atoms with Gasteiger partial charge in [0.1, 0.15) is 5.76 Å². The van der Waals surface area contributed by atoms with Crippen LogP contribution in [-0.2, 0) is 0 Å². The highest BCUT2D eigenvalue weighted by atomic mass is 16.3. The van der Waals surface area contributed by atoms with Gasteiger partial charge in [-0.3, -0.25) is 4.90 Å². The molecule has 0 aliphatic rings.